The van der Waals surface area contributed by atoms with Crippen molar-refractivity contribution in [3.8, 4) is 5.75 Å². The second kappa shape index (κ2) is 5.40. The highest BCUT2D eigenvalue weighted by Gasteiger charge is 2.31. The normalized spacial score (nSPS) is 16.1. The van der Waals surface area contributed by atoms with E-state index in [9.17, 15) is 14.7 Å². The molecule has 0 heterocycles. The minimum Gasteiger partial charge on any atom is -0.507 e. The Hall–Kier alpha value is -2.24. The first kappa shape index (κ1) is 14.2. The first-order chi connectivity index (χ1) is 9.39. The molecule has 0 radical (unpaired) electrons. The van der Waals surface area contributed by atoms with Gasteiger partial charge in [0.05, 0.1) is 0 Å². The van der Waals surface area contributed by atoms with Crippen molar-refractivity contribution in [3.05, 3.63) is 23.8 Å². The van der Waals surface area contributed by atoms with Gasteiger partial charge in [0.2, 0.25) is 0 Å². The van der Waals surface area contributed by atoms with Crippen LogP contribution in [0.1, 0.15) is 36.5 Å². The molecule has 6 nitrogen and oxygen atoms in total. The van der Waals surface area contributed by atoms with Gasteiger partial charge in [-0.05, 0) is 36.5 Å². The molecule has 0 unspecified atom stereocenters. The molecule has 1 aromatic rings. The SMILES string of the molecule is CC1(CNC(=O)Nc2ccc(O)c(C(=O)O)c2)CCC1. The number of nitrogens with one attached hydrogen (secondary N) is 2. The Morgan fingerprint density at radius 2 is 2.05 bits per heavy atom. The summed E-state index contributed by atoms with van der Waals surface area (Å²) in [6.45, 7) is 2.72. The number of carbonyl (C=O) groups excluding carboxylic acids is 1. The molecule has 1 aromatic carbocycles. The van der Waals surface area contributed by atoms with Crippen LogP contribution in [0.3, 0.4) is 0 Å². The van der Waals surface area contributed by atoms with Gasteiger partial charge in [-0.15, -0.1) is 0 Å². The fourth-order valence-electron chi connectivity index (χ4n) is 2.21. The molecular weight excluding hydrogens is 260 g/mol. The Morgan fingerprint density at radius 1 is 1.35 bits per heavy atom. The van der Waals surface area contributed by atoms with E-state index in [1.54, 1.807) is 0 Å². The summed E-state index contributed by atoms with van der Waals surface area (Å²) in [6.07, 6.45) is 3.41. The summed E-state index contributed by atoms with van der Waals surface area (Å²) >= 11 is 0. The fraction of sp³-hybridized carbons (Fsp3) is 0.429. The third-order valence-electron chi connectivity index (χ3n) is 3.72. The van der Waals surface area contributed by atoms with Crippen LogP contribution in [0.4, 0.5) is 10.5 Å². The third kappa shape index (κ3) is 3.20. The smallest absolute Gasteiger partial charge is 0.339 e. The largest absolute Gasteiger partial charge is 0.507 e. The average Bonchev–Trinajstić information content (AvgIpc) is 2.36. The van der Waals surface area contributed by atoms with Crippen molar-refractivity contribution in [2.24, 2.45) is 5.41 Å². The van der Waals surface area contributed by atoms with E-state index >= 15 is 0 Å². The van der Waals surface area contributed by atoms with Crippen LogP contribution >= 0.6 is 0 Å². The maximum absolute atomic E-state index is 11.7. The van der Waals surface area contributed by atoms with Gasteiger partial charge in [0.25, 0.3) is 0 Å². The fourth-order valence-corrected chi connectivity index (χ4v) is 2.21. The number of urea groups is 1. The average molecular weight is 278 g/mol. The van der Waals surface area contributed by atoms with Crippen molar-refractivity contribution in [2.75, 3.05) is 11.9 Å². The minimum absolute atomic E-state index is 0.179. The lowest BCUT2D eigenvalue weighted by atomic mass is 9.70. The van der Waals surface area contributed by atoms with Gasteiger partial charge in [0.15, 0.2) is 0 Å². The van der Waals surface area contributed by atoms with Crippen molar-refractivity contribution >= 4 is 17.7 Å². The molecule has 0 spiro atoms. The number of amides is 2. The Morgan fingerprint density at radius 3 is 2.60 bits per heavy atom. The van der Waals surface area contributed by atoms with Crippen molar-refractivity contribution in [2.45, 2.75) is 26.2 Å². The molecule has 2 amide bonds. The number of carbonyl (C=O) groups is 2. The molecule has 1 saturated carbocycles. The number of carboxylic acid groups (broad SMARTS) is 1. The lowest BCUT2D eigenvalue weighted by Crippen LogP contribution is -2.41. The second-order valence-electron chi connectivity index (χ2n) is 5.51. The van der Waals surface area contributed by atoms with Gasteiger partial charge >= 0.3 is 12.0 Å². The van der Waals surface area contributed by atoms with E-state index in [0.29, 0.717) is 12.2 Å². The third-order valence-corrected chi connectivity index (χ3v) is 3.72. The molecule has 6 heteroatoms. The zero-order chi connectivity index (χ0) is 14.8. The van der Waals surface area contributed by atoms with E-state index in [4.69, 9.17) is 5.11 Å². The first-order valence-electron chi connectivity index (χ1n) is 6.51. The van der Waals surface area contributed by atoms with Gasteiger partial charge in [-0.2, -0.15) is 0 Å². The quantitative estimate of drug-likeness (QED) is 0.635. The lowest BCUT2D eigenvalue weighted by molar-refractivity contribution is 0.0693. The highest BCUT2D eigenvalue weighted by atomic mass is 16.4. The Kier molecular flexibility index (Phi) is 3.83. The summed E-state index contributed by atoms with van der Waals surface area (Å²) in [6, 6.07) is 3.54. The minimum atomic E-state index is -1.24. The summed E-state index contributed by atoms with van der Waals surface area (Å²) in [7, 11) is 0. The van der Waals surface area contributed by atoms with Crippen LogP contribution in [0.25, 0.3) is 0 Å². The predicted octanol–water partition coefficient (Wildman–Crippen LogP) is 2.40. The van der Waals surface area contributed by atoms with Crippen molar-refractivity contribution < 1.29 is 19.8 Å². The van der Waals surface area contributed by atoms with Crippen LogP contribution in [0.15, 0.2) is 18.2 Å². The summed E-state index contributed by atoms with van der Waals surface area (Å²) in [5.41, 5.74) is 0.267. The van der Waals surface area contributed by atoms with Gasteiger partial charge in [0.1, 0.15) is 11.3 Å². The molecule has 0 aromatic heterocycles. The van der Waals surface area contributed by atoms with Gasteiger partial charge in [-0.1, -0.05) is 13.3 Å². The van der Waals surface area contributed by atoms with Crippen LogP contribution in [0.5, 0.6) is 5.75 Å². The van der Waals surface area contributed by atoms with Crippen LogP contribution in [-0.4, -0.2) is 28.8 Å². The van der Waals surface area contributed by atoms with Crippen LogP contribution in [0.2, 0.25) is 0 Å². The van der Waals surface area contributed by atoms with Crippen LogP contribution in [0, 0.1) is 5.41 Å². The molecule has 20 heavy (non-hydrogen) atoms. The van der Waals surface area contributed by atoms with E-state index in [0.717, 1.165) is 12.8 Å². The first-order valence-corrected chi connectivity index (χ1v) is 6.51. The van der Waals surface area contributed by atoms with Gasteiger partial charge in [0, 0.05) is 12.2 Å². The maximum Gasteiger partial charge on any atom is 0.339 e. The highest BCUT2D eigenvalue weighted by molar-refractivity contribution is 5.95. The molecule has 1 aliphatic carbocycles. The second-order valence-corrected chi connectivity index (χ2v) is 5.51. The van der Waals surface area contributed by atoms with Crippen LogP contribution < -0.4 is 10.6 Å². The van der Waals surface area contributed by atoms with Gasteiger partial charge < -0.3 is 20.8 Å². The lowest BCUT2D eigenvalue weighted by Gasteiger charge is -2.38. The number of benzene rings is 1. The van der Waals surface area contributed by atoms with E-state index < -0.39 is 5.97 Å². The zero-order valence-electron chi connectivity index (χ0n) is 11.3. The standard InChI is InChI=1S/C14H18N2O4/c1-14(5-2-6-14)8-15-13(20)16-9-3-4-11(17)10(7-9)12(18)19/h3-4,7,17H,2,5-6,8H2,1H3,(H,18,19)(H2,15,16,20). The summed E-state index contributed by atoms with van der Waals surface area (Å²) in [4.78, 5) is 22.6. The number of hydrogen-bond donors (Lipinski definition) is 4. The number of rotatable bonds is 4. The Bertz CT molecular complexity index is 538. The van der Waals surface area contributed by atoms with E-state index in [-0.39, 0.29) is 22.8 Å². The Balaban J connectivity index is 1.94. The number of phenols is 1. The number of aromatic carboxylic acids is 1. The van der Waals surface area contributed by atoms with E-state index in [1.165, 1.54) is 24.6 Å². The highest BCUT2D eigenvalue weighted by Crippen LogP contribution is 2.39. The molecule has 0 aliphatic heterocycles. The summed E-state index contributed by atoms with van der Waals surface area (Å²) < 4.78 is 0. The van der Waals surface area contributed by atoms with E-state index in [2.05, 4.69) is 17.6 Å². The van der Waals surface area contributed by atoms with Crippen molar-refractivity contribution in [1.29, 1.82) is 0 Å². The zero-order valence-corrected chi connectivity index (χ0v) is 11.3. The number of carboxylic acids is 1. The van der Waals surface area contributed by atoms with Crippen molar-refractivity contribution in [3.63, 3.8) is 0 Å². The molecule has 4 N–H and O–H groups in total. The molecular formula is C14H18N2O4. The Labute approximate surface area is 116 Å². The van der Waals surface area contributed by atoms with Gasteiger partial charge in [-0.3, -0.25) is 0 Å². The molecule has 0 atom stereocenters. The molecule has 108 valence electrons. The molecule has 2 rings (SSSR count). The predicted molar refractivity (Wildman–Crippen MR) is 74.0 cm³/mol. The number of aromatic hydroxyl groups is 1. The van der Waals surface area contributed by atoms with Crippen LogP contribution in [-0.2, 0) is 0 Å². The number of anilines is 1. The molecule has 0 bridgehead atoms. The summed E-state index contributed by atoms with van der Waals surface area (Å²) in [5.74, 6) is -1.57. The molecule has 1 aliphatic rings. The summed E-state index contributed by atoms with van der Waals surface area (Å²) in [5, 5.41) is 23.6. The van der Waals surface area contributed by atoms with Gasteiger partial charge in [-0.25, -0.2) is 9.59 Å². The maximum atomic E-state index is 11.7. The topological polar surface area (TPSA) is 98.7 Å². The monoisotopic (exact) mass is 278 g/mol. The van der Waals surface area contributed by atoms with E-state index in [1.807, 2.05) is 0 Å². The molecule has 0 saturated heterocycles. The molecule has 1 fully saturated rings. The van der Waals surface area contributed by atoms with Crippen molar-refractivity contribution in [1.82, 2.24) is 5.32 Å². The number of hydrogen-bond acceptors (Lipinski definition) is 3.